The average molecular weight is 356 g/mol. The van der Waals surface area contributed by atoms with E-state index in [9.17, 15) is 9.59 Å². The van der Waals surface area contributed by atoms with Crippen molar-refractivity contribution < 1.29 is 14.1 Å². The Morgan fingerprint density at radius 2 is 2.15 bits per heavy atom. The fourth-order valence-electron chi connectivity index (χ4n) is 4.27. The molecular weight excluding hydrogens is 332 g/mol. The number of amides is 2. The van der Waals surface area contributed by atoms with E-state index in [0.29, 0.717) is 43.2 Å². The van der Waals surface area contributed by atoms with Crippen LogP contribution in [0.1, 0.15) is 36.2 Å². The molecule has 7 nitrogen and oxygen atoms in total. The summed E-state index contributed by atoms with van der Waals surface area (Å²) in [7, 11) is 0. The number of likely N-dealkylation sites (tertiary alicyclic amines) is 2. The van der Waals surface area contributed by atoms with Crippen LogP contribution in [0.3, 0.4) is 0 Å². The fraction of sp³-hybridized carbons (Fsp3) is 0.526. The zero-order chi connectivity index (χ0) is 18.1. The molecule has 0 unspecified atom stereocenters. The van der Waals surface area contributed by atoms with Crippen LogP contribution in [0.25, 0.3) is 10.9 Å². The average Bonchev–Trinajstić information content (AvgIpc) is 3.10. The fourth-order valence-corrected chi connectivity index (χ4v) is 4.27. The van der Waals surface area contributed by atoms with E-state index < -0.39 is 0 Å². The van der Waals surface area contributed by atoms with E-state index in [-0.39, 0.29) is 17.9 Å². The third-order valence-corrected chi connectivity index (χ3v) is 5.61. The van der Waals surface area contributed by atoms with Gasteiger partial charge in [0.1, 0.15) is 5.52 Å². The largest absolute Gasteiger partial charge is 0.350 e. The van der Waals surface area contributed by atoms with Crippen molar-refractivity contribution >= 4 is 22.7 Å². The molecule has 0 aliphatic carbocycles. The second-order valence-electron chi connectivity index (χ2n) is 7.16. The molecule has 0 bridgehead atoms. The van der Waals surface area contributed by atoms with Crippen molar-refractivity contribution in [1.82, 2.24) is 15.0 Å². The summed E-state index contributed by atoms with van der Waals surface area (Å²) in [6.45, 7) is 2.59. The molecule has 3 heterocycles. The van der Waals surface area contributed by atoms with Gasteiger partial charge in [-0.3, -0.25) is 9.59 Å². The third kappa shape index (κ3) is 2.96. The van der Waals surface area contributed by atoms with Gasteiger partial charge in [-0.2, -0.15) is 0 Å². The molecule has 2 saturated heterocycles. The van der Waals surface area contributed by atoms with Crippen molar-refractivity contribution in [3.63, 3.8) is 0 Å². The Bertz CT molecular complexity index is 818. The van der Waals surface area contributed by atoms with E-state index >= 15 is 0 Å². The molecule has 2 amide bonds. The summed E-state index contributed by atoms with van der Waals surface area (Å²) in [5.41, 5.74) is 6.31. The summed E-state index contributed by atoms with van der Waals surface area (Å²) in [6, 6.07) is 7.67. The van der Waals surface area contributed by atoms with Gasteiger partial charge in [0.2, 0.25) is 11.7 Å². The lowest BCUT2D eigenvalue weighted by Crippen LogP contribution is -2.57. The third-order valence-electron chi connectivity index (χ3n) is 5.61. The normalized spacial score (nSPS) is 23.3. The quantitative estimate of drug-likeness (QED) is 0.899. The zero-order valence-electron chi connectivity index (χ0n) is 14.8. The van der Waals surface area contributed by atoms with Gasteiger partial charge in [0.15, 0.2) is 0 Å². The van der Waals surface area contributed by atoms with E-state index in [2.05, 4.69) is 5.16 Å². The molecule has 1 aromatic heterocycles. The van der Waals surface area contributed by atoms with Gasteiger partial charge in [-0.05, 0) is 43.9 Å². The van der Waals surface area contributed by atoms with Gasteiger partial charge < -0.3 is 20.1 Å². The summed E-state index contributed by atoms with van der Waals surface area (Å²) in [5.74, 6) is 0.742. The molecule has 7 heteroatoms. The first-order valence-electron chi connectivity index (χ1n) is 9.32. The van der Waals surface area contributed by atoms with E-state index in [0.717, 1.165) is 31.2 Å². The zero-order valence-corrected chi connectivity index (χ0v) is 14.8. The first kappa shape index (κ1) is 17.0. The van der Waals surface area contributed by atoms with Gasteiger partial charge in [-0.15, -0.1) is 0 Å². The molecule has 2 aliphatic rings. The van der Waals surface area contributed by atoms with Crippen LogP contribution in [0.4, 0.5) is 0 Å². The van der Waals surface area contributed by atoms with Gasteiger partial charge >= 0.3 is 0 Å². The number of aromatic nitrogens is 1. The van der Waals surface area contributed by atoms with Crippen molar-refractivity contribution in [3.05, 3.63) is 30.0 Å². The molecule has 2 N–H and O–H groups in total. The Balaban J connectivity index is 1.49. The van der Waals surface area contributed by atoms with Crippen LogP contribution in [0.15, 0.2) is 28.8 Å². The maximum absolute atomic E-state index is 13.0. The molecule has 0 saturated carbocycles. The highest BCUT2D eigenvalue weighted by Crippen LogP contribution is 2.32. The Hall–Kier alpha value is -2.41. The van der Waals surface area contributed by atoms with Crippen LogP contribution in [0, 0.1) is 5.92 Å². The highest BCUT2D eigenvalue weighted by atomic mass is 16.5. The van der Waals surface area contributed by atoms with E-state index in [4.69, 9.17) is 10.3 Å². The summed E-state index contributed by atoms with van der Waals surface area (Å²) in [6.07, 6.45) is 3.02. The van der Waals surface area contributed by atoms with Crippen molar-refractivity contribution in [1.29, 1.82) is 0 Å². The minimum absolute atomic E-state index is 0.109. The lowest BCUT2D eigenvalue weighted by Gasteiger charge is -2.47. The molecular formula is C19H24N4O3. The maximum Gasteiger partial charge on any atom is 0.293 e. The number of benzene rings is 1. The number of nitrogens with two attached hydrogens (primary N) is 1. The summed E-state index contributed by atoms with van der Waals surface area (Å²) in [5, 5.41) is 4.74. The first-order chi connectivity index (χ1) is 12.7. The lowest BCUT2D eigenvalue weighted by molar-refractivity contribution is -0.140. The van der Waals surface area contributed by atoms with Crippen molar-refractivity contribution in [2.24, 2.45) is 11.7 Å². The van der Waals surface area contributed by atoms with Crippen LogP contribution >= 0.6 is 0 Å². The molecule has 4 rings (SSSR count). The topological polar surface area (TPSA) is 92.7 Å². The monoisotopic (exact) mass is 356 g/mol. The van der Waals surface area contributed by atoms with Crippen LogP contribution in [-0.4, -0.2) is 59.0 Å². The number of hydrogen-bond acceptors (Lipinski definition) is 5. The SMILES string of the molecule is NCCCN1C(=O)CC[C@H]2CN(C(=O)c3onc4ccccc34)CC[C@H]21. The second kappa shape index (κ2) is 7.07. The first-order valence-corrected chi connectivity index (χ1v) is 9.32. The number of nitrogens with zero attached hydrogens (tertiary/aromatic N) is 3. The number of piperidine rings is 2. The Labute approximate surface area is 152 Å². The molecule has 1 aromatic carbocycles. The van der Waals surface area contributed by atoms with Gasteiger partial charge in [0, 0.05) is 32.1 Å². The number of carbonyl (C=O) groups excluding carboxylic acids is 2. The number of hydrogen-bond donors (Lipinski definition) is 1. The van der Waals surface area contributed by atoms with Gasteiger partial charge in [-0.1, -0.05) is 17.3 Å². The minimum atomic E-state index is -0.109. The van der Waals surface area contributed by atoms with Crippen LogP contribution in [-0.2, 0) is 4.79 Å². The molecule has 2 aliphatic heterocycles. The smallest absolute Gasteiger partial charge is 0.293 e. The highest BCUT2D eigenvalue weighted by Gasteiger charge is 2.40. The Morgan fingerprint density at radius 1 is 1.31 bits per heavy atom. The molecule has 2 fully saturated rings. The molecule has 138 valence electrons. The number of fused-ring (bicyclic) bond motifs is 2. The van der Waals surface area contributed by atoms with Crippen molar-refractivity contribution in [2.75, 3.05) is 26.2 Å². The minimum Gasteiger partial charge on any atom is -0.350 e. The molecule has 2 atom stereocenters. The summed E-state index contributed by atoms with van der Waals surface area (Å²) in [4.78, 5) is 29.1. The van der Waals surface area contributed by atoms with Gasteiger partial charge in [0.25, 0.3) is 5.91 Å². The Kier molecular flexibility index (Phi) is 4.63. The van der Waals surface area contributed by atoms with Gasteiger partial charge in [0.05, 0.1) is 5.39 Å². The highest BCUT2D eigenvalue weighted by molar-refractivity contribution is 6.03. The Morgan fingerprint density at radius 3 is 3.00 bits per heavy atom. The predicted octanol–water partition coefficient (Wildman–Crippen LogP) is 1.63. The standard InChI is InChI=1S/C19H24N4O3/c20-9-3-10-23-16-8-11-22(12-13(16)6-7-17(23)24)19(25)18-14-4-1-2-5-15(14)21-26-18/h1-2,4-5,13,16H,3,6-12,20H2/t13-,16+/m0/s1. The van der Waals surface area contributed by atoms with Crippen LogP contribution < -0.4 is 5.73 Å². The summed E-state index contributed by atoms with van der Waals surface area (Å²) >= 11 is 0. The van der Waals surface area contributed by atoms with E-state index in [1.807, 2.05) is 34.1 Å². The second-order valence-corrected chi connectivity index (χ2v) is 7.16. The predicted molar refractivity (Wildman–Crippen MR) is 96.4 cm³/mol. The van der Waals surface area contributed by atoms with E-state index in [1.54, 1.807) is 0 Å². The number of carbonyl (C=O) groups is 2. The molecule has 0 spiro atoms. The molecule has 0 radical (unpaired) electrons. The van der Waals surface area contributed by atoms with Crippen LogP contribution in [0.5, 0.6) is 0 Å². The van der Waals surface area contributed by atoms with Crippen molar-refractivity contribution in [2.45, 2.75) is 31.7 Å². The van der Waals surface area contributed by atoms with Gasteiger partial charge in [-0.25, -0.2) is 0 Å². The van der Waals surface area contributed by atoms with E-state index in [1.165, 1.54) is 0 Å². The van der Waals surface area contributed by atoms with Crippen LogP contribution in [0.2, 0.25) is 0 Å². The van der Waals surface area contributed by atoms with Crippen molar-refractivity contribution in [3.8, 4) is 0 Å². The molecule has 2 aromatic rings. The molecule has 26 heavy (non-hydrogen) atoms. The summed E-state index contributed by atoms with van der Waals surface area (Å²) < 4.78 is 5.34. The maximum atomic E-state index is 13.0. The lowest BCUT2D eigenvalue weighted by atomic mass is 9.83. The number of rotatable bonds is 4.